The van der Waals surface area contributed by atoms with Gasteiger partial charge in [-0.05, 0) is 12.1 Å². The van der Waals surface area contributed by atoms with E-state index in [0.29, 0.717) is 5.69 Å². The molecule has 0 saturated carbocycles. The van der Waals surface area contributed by atoms with Crippen molar-refractivity contribution in [3.63, 3.8) is 0 Å². The Hall–Kier alpha value is -1.69. The van der Waals surface area contributed by atoms with Crippen LogP contribution in [0.1, 0.15) is 0 Å². The third-order valence-electron chi connectivity index (χ3n) is 1.85. The maximum atomic E-state index is 11.4. The van der Waals surface area contributed by atoms with Gasteiger partial charge in [-0.3, -0.25) is 0 Å². The predicted molar refractivity (Wildman–Crippen MR) is 54.5 cm³/mol. The van der Waals surface area contributed by atoms with Gasteiger partial charge in [0.1, 0.15) is 6.33 Å². The van der Waals surface area contributed by atoms with E-state index in [1.807, 2.05) is 18.2 Å². The standard InChI is InChI=1S/C9H9N3O2S/c1-15(13,14)9-10-7-11-12(9)8-5-3-2-4-6-8/h2-7H,1H3. The molecule has 5 nitrogen and oxygen atoms in total. The van der Waals surface area contributed by atoms with Crippen molar-refractivity contribution in [2.45, 2.75) is 5.16 Å². The van der Waals surface area contributed by atoms with Crippen LogP contribution >= 0.6 is 0 Å². The Morgan fingerprint density at radius 3 is 2.47 bits per heavy atom. The molecule has 0 bridgehead atoms. The van der Waals surface area contributed by atoms with E-state index in [2.05, 4.69) is 10.1 Å². The minimum Gasteiger partial charge on any atom is -0.221 e. The summed E-state index contributed by atoms with van der Waals surface area (Å²) in [6.07, 6.45) is 2.33. The number of sulfone groups is 1. The number of para-hydroxylation sites is 1. The Kier molecular flexibility index (Phi) is 2.28. The second kappa shape index (κ2) is 3.47. The Bertz CT molecular complexity index is 560. The highest BCUT2D eigenvalue weighted by atomic mass is 32.2. The first-order valence-electron chi connectivity index (χ1n) is 4.24. The smallest absolute Gasteiger partial charge is 0.221 e. The molecule has 15 heavy (non-hydrogen) atoms. The molecule has 0 aliphatic carbocycles. The van der Waals surface area contributed by atoms with Gasteiger partial charge < -0.3 is 0 Å². The number of rotatable bonds is 2. The lowest BCUT2D eigenvalue weighted by atomic mass is 10.3. The van der Waals surface area contributed by atoms with Crippen LogP contribution in [-0.2, 0) is 9.84 Å². The van der Waals surface area contributed by atoms with Gasteiger partial charge in [0, 0.05) is 6.26 Å². The van der Waals surface area contributed by atoms with Gasteiger partial charge in [-0.1, -0.05) is 18.2 Å². The molecule has 1 aromatic carbocycles. The van der Waals surface area contributed by atoms with Crippen molar-refractivity contribution in [2.24, 2.45) is 0 Å². The molecule has 0 spiro atoms. The molecule has 0 saturated heterocycles. The summed E-state index contributed by atoms with van der Waals surface area (Å²) in [4.78, 5) is 3.73. The van der Waals surface area contributed by atoms with Crippen molar-refractivity contribution < 1.29 is 8.42 Å². The Morgan fingerprint density at radius 1 is 1.20 bits per heavy atom. The second-order valence-corrected chi connectivity index (χ2v) is 4.97. The average Bonchev–Trinajstić information content (AvgIpc) is 2.67. The molecule has 0 radical (unpaired) electrons. The van der Waals surface area contributed by atoms with E-state index in [-0.39, 0.29) is 5.16 Å². The SMILES string of the molecule is CS(=O)(=O)c1ncnn1-c1ccccc1. The molecule has 0 atom stereocenters. The quantitative estimate of drug-likeness (QED) is 0.750. The van der Waals surface area contributed by atoms with E-state index < -0.39 is 9.84 Å². The lowest BCUT2D eigenvalue weighted by Crippen LogP contribution is -2.08. The van der Waals surface area contributed by atoms with Crippen molar-refractivity contribution >= 4 is 9.84 Å². The van der Waals surface area contributed by atoms with Gasteiger partial charge in [-0.15, -0.1) is 0 Å². The summed E-state index contributed by atoms with van der Waals surface area (Å²) >= 11 is 0. The van der Waals surface area contributed by atoms with Gasteiger partial charge in [0.15, 0.2) is 0 Å². The number of hydrogen-bond donors (Lipinski definition) is 0. The number of hydrogen-bond acceptors (Lipinski definition) is 4. The molecule has 0 aliphatic rings. The Balaban J connectivity index is 2.61. The Morgan fingerprint density at radius 2 is 1.87 bits per heavy atom. The predicted octanol–water partition coefficient (Wildman–Crippen LogP) is 0.671. The van der Waals surface area contributed by atoms with E-state index in [9.17, 15) is 8.42 Å². The third kappa shape index (κ3) is 1.89. The lowest BCUT2D eigenvalue weighted by Gasteiger charge is -2.02. The monoisotopic (exact) mass is 223 g/mol. The van der Waals surface area contributed by atoms with Crippen molar-refractivity contribution in [3.8, 4) is 5.69 Å². The fourth-order valence-electron chi connectivity index (χ4n) is 1.23. The third-order valence-corrected chi connectivity index (χ3v) is 2.79. The van der Waals surface area contributed by atoms with Crippen LogP contribution in [-0.4, -0.2) is 29.4 Å². The maximum Gasteiger partial charge on any atom is 0.250 e. The molecule has 1 aromatic heterocycles. The molecule has 1 heterocycles. The van der Waals surface area contributed by atoms with E-state index >= 15 is 0 Å². The van der Waals surface area contributed by atoms with Gasteiger partial charge >= 0.3 is 0 Å². The van der Waals surface area contributed by atoms with Gasteiger partial charge in [0.05, 0.1) is 5.69 Å². The molecule has 0 unspecified atom stereocenters. The van der Waals surface area contributed by atoms with Crippen molar-refractivity contribution in [3.05, 3.63) is 36.7 Å². The summed E-state index contributed by atoms with van der Waals surface area (Å²) in [5.74, 6) is 0. The van der Waals surface area contributed by atoms with E-state index in [4.69, 9.17) is 0 Å². The van der Waals surface area contributed by atoms with Crippen LogP contribution < -0.4 is 0 Å². The van der Waals surface area contributed by atoms with Crippen molar-refractivity contribution in [1.29, 1.82) is 0 Å². The van der Waals surface area contributed by atoms with Gasteiger partial charge in [0.25, 0.3) is 0 Å². The van der Waals surface area contributed by atoms with E-state index in [1.54, 1.807) is 12.1 Å². The zero-order valence-electron chi connectivity index (χ0n) is 8.03. The molecular weight excluding hydrogens is 214 g/mol. The summed E-state index contributed by atoms with van der Waals surface area (Å²) < 4.78 is 24.0. The summed E-state index contributed by atoms with van der Waals surface area (Å²) in [6, 6.07) is 9.00. The highest BCUT2D eigenvalue weighted by Gasteiger charge is 2.16. The van der Waals surface area contributed by atoms with Crippen LogP contribution in [0.5, 0.6) is 0 Å². The van der Waals surface area contributed by atoms with Crippen molar-refractivity contribution in [1.82, 2.24) is 14.8 Å². The van der Waals surface area contributed by atoms with Crippen LogP contribution in [0.25, 0.3) is 5.69 Å². The van der Waals surface area contributed by atoms with Crippen LogP contribution in [0.4, 0.5) is 0 Å². The summed E-state index contributed by atoms with van der Waals surface area (Å²) in [6.45, 7) is 0. The van der Waals surface area contributed by atoms with Gasteiger partial charge in [-0.2, -0.15) is 5.10 Å². The highest BCUT2D eigenvalue weighted by Crippen LogP contribution is 2.11. The first kappa shape index (κ1) is 9.85. The minimum atomic E-state index is -3.35. The average molecular weight is 223 g/mol. The van der Waals surface area contributed by atoms with Gasteiger partial charge in [-0.25, -0.2) is 18.1 Å². The normalized spacial score (nSPS) is 11.5. The second-order valence-electron chi connectivity index (χ2n) is 3.06. The molecule has 2 aromatic rings. The van der Waals surface area contributed by atoms with Crippen LogP contribution in [0.3, 0.4) is 0 Å². The van der Waals surface area contributed by atoms with Crippen molar-refractivity contribution in [2.75, 3.05) is 6.26 Å². The highest BCUT2D eigenvalue weighted by molar-refractivity contribution is 7.90. The topological polar surface area (TPSA) is 64.8 Å². The van der Waals surface area contributed by atoms with E-state index in [0.717, 1.165) is 6.26 Å². The number of benzene rings is 1. The largest absolute Gasteiger partial charge is 0.250 e. The molecule has 0 amide bonds. The minimum absolute atomic E-state index is 0.0475. The van der Waals surface area contributed by atoms with Crippen LogP contribution in [0.15, 0.2) is 41.8 Å². The zero-order valence-corrected chi connectivity index (χ0v) is 8.85. The fourth-order valence-corrected chi connectivity index (χ4v) is 1.94. The number of aromatic nitrogens is 3. The molecule has 0 fully saturated rings. The molecular formula is C9H9N3O2S. The summed E-state index contributed by atoms with van der Waals surface area (Å²) in [5, 5.41) is 3.83. The number of nitrogens with zero attached hydrogens (tertiary/aromatic N) is 3. The zero-order chi connectivity index (χ0) is 10.9. The fraction of sp³-hybridized carbons (Fsp3) is 0.111. The van der Waals surface area contributed by atoms with Crippen LogP contribution in [0, 0.1) is 0 Å². The van der Waals surface area contributed by atoms with Gasteiger partial charge in [0.2, 0.25) is 15.0 Å². The maximum absolute atomic E-state index is 11.4. The Labute approximate surface area is 87.3 Å². The first-order chi connectivity index (χ1) is 7.09. The van der Waals surface area contributed by atoms with E-state index in [1.165, 1.54) is 11.0 Å². The summed E-state index contributed by atoms with van der Waals surface area (Å²) in [7, 11) is -3.35. The molecule has 6 heteroatoms. The molecule has 0 aliphatic heterocycles. The summed E-state index contributed by atoms with van der Waals surface area (Å²) in [5.41, 5.74) is 0.676. The molecule has 0 N–H and O–H groups in total. The molecule has 78 valence electrons. The first-order valence-corrected chi connectivity index (χ1v) is 6.14. The van der Waals surface area contributed by atoms with Crippen LogP contribution in [0.2, 0.25) is 0 Å². The molecule has 2 rings (SSSR count). The lowest BCUT2D eigenvalue weighted by molar-refractivity contribution is 0.586.